The normalized spacial score (nSPS) is 15.8. The number of carbonyl (C=O) groups is 2. The number of ether oxygens (including phenoxy) is 10. The van der Waals surface area contributed by atoms with Crippen LogP contribution in [0.4, 0.5) is 9.59 Å². The highest BCUT2D eigenvalue weighted by atomic mass is 16.6. The molecule has 16 nitrogen and oxygen atoms in total. The summed E-state index contributed by atoms with van der Waals surface area (Å²) in [5.41, 5.74) is 27.1. The fourth-order valence-electron chi connectivity index (χ4n) is 13.2. The van der Waals surface area contributed by atoms with Crippen LogP contribution < -0.4 is 50.5 Å². The molecule has 4 aliphatic rings. The summed E-state index contributed by atoms with van der Waals surface area (Å²) in [4.78, 5) is 29.3. The molecule has 6 aromatic carbocycles. The zero-order valence-corrected chi connectivity index (χ0v) is 65.0. The van der Waals surface area contributed by atoms with Gasteiger partial charge in [-0.05, 0) is 136 Å². The van der Waals surface area contributed by atoms with Crippen LogP contribution in [0.3, 0.4) is 0 Å². The minimum absolute atomic E-state index is 0.218. The smallest absolute Gasteiger partial charge is 0.412 e. The summed E-state index contributed by atoms with van der Waals surface area (Å²) < 4.78 is 68.5. The van der Waals surface area contributed by atoms with E-state index in [4.69, 9.17) is 58.8 Å². The van der Waals surface area contributed by atoms with E-state index in [0.29, 0.717) is 138 Å². The molecule has 10 rings (SSSR count). The Kier molecular flexibility index (Phi) is 26.1. The molecule has 0 saturated heterocycles. The van der Waals surface area contributed by atoms with Crippen molar-refractivity contribution in [1.29, 1.82) is 0 Å². The average molecular weight is 1400 g/mol. The Hall–Kier alpha value is -7.18. The zero-order valence-electron chi connectivity index (χ0n) is 65.0. The minimum atomic E-state index is -0.574. The molecule has 0 aliphatic carbocycles. The molecular weight excluding hydrogens is 1280 g/mol. The van der Waals surface area contributed by atoms with E-state index in [2.05, 4.69) is 208 Å². The van der Waals surface area contributed by atoms with E-state index in [1.54, 1.807) is 0 Å². The molecule has 4 heterocycles. The highest BCUT2D eigenvalue weighted by Gasteiger charge is 2.33. The Bertz CT molecular complexity index is 3430. The van der Waals surface area contributed by atoms with Crippen LogP contribution >= 0.6 is 0 Å². The molecule has 0 aromatic heterocycles. The summed E-state index contributed by atoms with van der Waals surface area (Å²) in [6.07, 6.45) is 2.03. The number of nitrogens with one attached hydrogen (secondary N) is 2. The van der Waals surface area contributed by atoms with E-state index in [-0.39, 0.29) is 85.3 Å². The van der Waals surface area contributed by atoms with Gasteiger partial charge in [-0.15, -0.1) is 0 Å². The molecule has 0 saturated carbocycles. The van der Waals surface area contributed by atoms with Gasteiger partial charge in [0.25, 0.3) is 0 Å². The Morgan fingerprint density at radius 2 is 0.480 bits per heavy atom. The first-order valence-electron chi connectivity index (χ1n) is 37.2. The minimum Gasteiger partial charge on any atom is -0.491 e. The lowest BCUT2D eigenvalue weighted by molar-refractivity contribution is 0.0268. The summed E-state index contributed by atoms with van der Waals surface area (Å²) >= 11 is 0. The maximum atomic E-state index is 14.7. The standard InChI is InChI=1S/C86H120N4O12/c1-81(2,3)67-43-55-37-56-44-68(82(4,5)6)48-60-40-65-53-72(86(16,17)18)54-66(78(65)102-80(92)90-24-20-22-88)42-62-50-70(84(10,11)12)46-58-38-57-45-69(83(7,8)9)49-61(75(57)99-35-32-96-28-27-94-30-34-98-74(56)60)41-64-52-71(85(13,14)15)51-63(77(64)101-79(91)89-23-19-21-87)39-59(47-67)73(55)97-33-29-93-25-26-95-31-36-100-76(58)62/h43-54H,19-42,87-88H2,1-18H3,(H,89,91)(H,90,92). The number of nitrogens with two attached hydrogens (primary N) is 2. The molecule has 0 unspecified atom stereocenters. The van der Waals surface area contributed by atoms with Crippen LogP contribution in [-0.4, -0.2) is 118 Å². The van der Waals surface area contributed by atoms with Crippen molar-refractivity contribution in [2.45, 2.75) is 208 Å². The van der Waals surface area contributed by atoms with Gasteiger partial charge in [0.05, 0.1) is 52.9 Å². The largest absolute Gasteiger partial charge is 0.491 e. The van der Waals surface area contributed by atoms with Crippen LogP contribution in [0.1, 0.15) is 238 Å². The lowest BCUT2D eigenvalue weighted by Gasteiger charge is -2.29. The van der Waals surface area contributed by atoms with Crippen LogP contribution in [0.25, 0.3) is 0 Å². The quantitative estimate of drug-likeness (QED) is 0.0826. The number of rotatable bonds is 8. The summed E-state index contributed by atoms with van der Waals surface area (Å²) in [6, 6.07) is 27.2. The highest BCUT2D eigenvalue weighted by molar-refractivity contribution is 5.74. The Morgan fingerprint density at radius 3 is 0.667 bits per heavy atom. The molecule has 0 spiro atoms. The summed E-state index contributed by atoms with van der Waals surface area (Å²) in [5.74, 6) is 3.69. The molecular formula is C86H120N4O12. The molecule has 16 heteroatoms. The molecule has 0 atom stereocenters. The third-order valence-electron chi connectivity index (χ3n) is 19.3. The van der Waals surface area contributed by atoms with Crippen LogP contribution in [0, 0.1) is 0 Å². The van der Waals surface area contributed by atoms with Crippen molar-refractivity contribution >= 4 is 12.2 Å². The Balaban J connectivity index is 1.52. The average Bonchev–Trinajstić information content (AvgIpc) is 0.777. The molecule has 102 heavy (non-hydrogen) atoms. The van der Waals surface area contributed by atoms with Crippen LogP contribution in [0.2, 0.25) is 0 Å². The maximum absolute atomic E-state index is 14.7. The van der Waals surface area contributed by atoms with E-state index in [1.165, 1.54) is 0 Å². The van der Waals surface area contributed by atoms with E-state index >= 15 is 0 Å². The monoisotopic (exact) mass is 1400 g/mol. The second-order valence-corrected chi connectivity index (χ2v) is 34.1. The fourth-order valence-corrected chi connectivity index (χ4v) is 13.2. The molecule has 16 bridgehead atoms. The van der Waals surface area contributed by atoms with Crippen molar-refractivity contribution in [2.75, 3.05) is 105 Å². The third kappa shape index (κ3) is 21.0. The van der Waals surface area contributed by atoms with Crippen molar-refractivity contribution in [3.8, 4) is 34.5 Å². The van der Waals surface area contributed by atoms with E-state index < -0.39 is 12.2 Å². The first-order chi connectivity index (χ1) is 48.1. The van der Waals surface area contributed by atoms with E-state index in [0.717, 1.165) is 100 Å². The molecule has 556 valence electrons. The van der Waals surface area contributed by atoms with Gasteiger partial charge in [0.15, 0.2) is 0 Å². The van der Waals surface area contributed by atoms with E-state index in [1.807, 2.05) is 0 Å². The van der Waals surface area contributed by atoms with Gasteiger partial charge in [0, 0.05) is 73.9 Å². The summed E-state index contributed by atoms with van der Waals surface area (Å²) in [5, 5.41) is 6.08. The second-order valence-electron chi connectivity index (χ2n) is 34.1. The Morgan fingerprint density at radius 1 is 0.304 bits per heavy atom. The van der Waals surface area contributed by atoms with Crippen molar-refractivity contribution in [1.82, 2.24) is 10.6 Å². The van der Waals surface area contributed by atoms with Crippen molar-refractivity contribution in [3.05, 3.63) is 173 Å². The predicted octanol–water partition coefficient (Wildman–Crippen LogP) is 15.8. The first-order valence-corrected chi connectivity index (χ1v) is 37.2. The second kappa shape index (κ2) is 33.7. The molecule has 4 aliphatic heterocycles. The first kappa shape index (κ1) is 78.9. The van der Waals surface area contributed by atoms with Crippen molar-refractivity contribution < 1.29 is 57.0 Å². The number of hydrogen-bond donors (Lipinski definition) is 4. The maximum Gasteiger partial charge on any atom is 0.412 e. The summed E-state index contributed by atoms with van der Waals surface area (Å²) in [7, 11) is 0. The van der Waals surface area contributed by atoms with Gasteiger partial charge in [0.1, 0.15) is 60.9 Å². The van der Waals surface area contributed by atoms with Crippen molar-refractivity contribution in [3.63, 3.8) is 0 Å². The van der Waals surface area contributed by atoms with Gasteiger partial charge < -0.3 is 69.5 Å². The lowest BCUT2D eigenvalue weighted by atomic mass is 9.79. The Labute approximate surface area is 609 Å². The molecule has 0 fully saturated rings. The molecule has 6 N–H and O–H groups in total. The number of hydrogen-bond acceptors (Lipinski definition) is 14. The highest BCUT2D eigenvalue weighted by Crippen LogP contribution is 2.47. The van der Waals surface area contributed by atoms with Crippen LogP contribution in [0.5, 0.6) is 34.5 Å². The van der Waals surface area contributed by atoms with Gasteiger partial charge in [-0.1, -0.05) is 197 Å². The van der Waals surface area contributed by atoms with Gasteiger partial charge in [-0.2, -0.15) is 0 Å². The predicted molar refractivity (Wildman–Crippen MR) is 408 cm³/mol. The number of amides is 2. The molecule has 0 radical (unpaired) electrons. The lowest BCUT2D eigenvalue weighted by Crippen LogP contribution is -2.29. The fraction of sp³-hybridized carbons (Fsp3) is 0.558. The van der Waals surface area contributed by atoms with Crippen LogP contribution in [-0.2, 0) is 90.0 Å². The number of carbonyl (C=O) groups excluding carboxylic acids is 2. The van der Waals surface area contributed by atoms with E-state index in [9.17, 15) is 9.59 Å². The molecule has 6 aromatic rings. The number of benzene rings is 6. The zero-order chi connectivity index (χ0) is 74.0. The number of fused-ring (bicyclic) bond motifs is 18. The molecule has 2 amide bonds. The summed E-state index contributed by atoms with van der Waals surface area (Å²) in [6.45, 7) is 45.0. The SMILES string of the molecule is CC(C)(C)c1cc2c3c(c1)Cc1cc(C(C)(C)C)cc(c1OC(=O)NCCCN)Cc1cc(C(C)(C)C)cc4c1OCCOCCOCCOc1c(cc(C(C)(C)C)cc1Cc1cc(C(C)(C)C)cc(c1OC(=O)NCCCN)Cc1cc(C(C)(C)C)cc(c1OCCOCCOCCO3)C4)C2. The van der Waals surface area contributed by atoms with Crippen LogP contribution in [0.15, 0.2) is 72.8 Å². The topological polar surface area (TPSA) is 203 Å². The van der Waals surface area contributed by atoms with Gasteiger partial charge in [-0.25, -0.2) is 9.59 Å². The van der Waals surface area contributed by atoms with Gasteiger partial charge in [-0.3, -0.25) is 0 Å². The third-order valence-corrected chi connectivity index (χ3v) is 19.3. The van der Waals surface area contributed by atoms with Gasteiger partial charge >= 0.3 is 12.2 Å². The van der Waals surface area contributed by atoms with Gasteiger partial charge in [0.2, 0.25) is 0 Å². The van der Waals surface area contributed by atoms with Crippen molar-refractivity contribution in [2.24, 2.45) is 11.5 Å².